The molecule has 2 N–H and O–H groups in total. The van der Waals surface area contributed by atoms with E-state index in [1.165, 1.54) is 42.7 Å². The molecule has 5 aromatic carbocycles. The zero-order valence-corrected chi connectivity index (χ0v) is 27.0. The summed E-state index contributed by atoms with van der Waals surface area (Å²) >= 11 is 0. The van der Waals surface area contributed by atoms with E-state index >= 15 is 0 Å². The Bertz CT molecular complexity index is 2480. The summed E-state index contributed by atoms with van der Waals surface area (Å²) in [7, 11) is -0.743. The van der Waals surface area contributed by atoms with Crippen molar-refractivity contribution >= 4 is 43.5 Å². The first-order valence-electron chi connectivity index (χ1n) is 15.1. The van der Waals surface area contributed by atoms with E-state index in [4.69, 9.17) is 4.42 Å². The number of benzene rings is 5. The average Bonchev–Trinajstić information content (AvgIpc) is 3.66. The van der Waals surface area contributed by atoms with Gasteiger partial charge in [-0.2, -0.15) is 0 Å². The van der Waals surface area contributed by atoms with Crippen LogP contribution in [-0.4, -0.2) is 44.3 Å². The molecule has 240 valence electrons. The molecular weight excluding hydrogens is 629 g/mol. The molecule has 0 saturated heterocycles. The number of phenolic OH excluding ortho intramolecular Hbond substituents is 1. The number of nitrogens with zero attached hydrogens (tertiary/aromatic N) is 2. The lowest BCUT2D eigenvalue weighted by atomic mass is 9.96. The van der Waals surface area contributed by atoms with Gasteiger partial charge in [0.05, 0.1) is 28.7 Å². The van der Waals surface area contributed by atoms with Crippen LogP contribution in [0.15, 0.2) is 120 Å². The van der Waals surface area contributed by atoms with Gasteiger partial charge in [0.25, 0.3) is 5.91 Å². The van der Waals surface area contributed by atoms with Gasteiger partial charge in [-0.3, -0.25) is 9.10 Å². The number of aromatic nitrogens is 1. The molecule has 2 heterocycles. The minimum Gasteiger partial charge on any atom is -0.508 e. The Morgan fingerprint density at radius 2 is 1.58 bits per heavy atom. The Balaban J connectivity index is 1.49. The molecule has 7 rings (SSSR count). The van der Waals surface area contributed by atoms with Crippen molar-refractivity contribution < 1.29 is 27.1 Å². The highest BCUT2D eigenvalue weighted by Crippen LogP contribution is 2.42. The minimum absolute atomic E-state index is 0.138. The number of nitrogens with one attached hydrogen (secondary N) is 1. The topological polar surface area (TPSA) is 105 Å². The fourth-order valence-corrected chi connectivity index (χ4v) is 6.59. The number of furan rings is 1. The lowest BCUT2D eigenvalue weighted by molar-refractivity contribution is 0.0964. The van der Waals surface area contributed by atoms with Crippen LogP contribution in [0.25, 0.3) is 61.3 Å². The number of fused-ring (bicyclic) bond motifs is 2. The van der Waals surface area contributed by atoms with Crippen molar-refractivity contribution in [3.8, 4) is 45.1 Å². The van der Waals surface area contributed by atoms with E-state index < -0.39 is 21.7 Å². The summed E-state index contributed by atoms with van der Waals surface area (Å²) in [5.41, 5.74) is 6.04. The first-order chi connectivity index (χ1) is 23.0. The number of phenols is 1. The van der Waals surface area contributed by atoms with E-state index in [-0.39, 0.29) is 17.1 Å². The lowest BCUT2D eigenvalue weighted by Gasteiger charge is -2.21. The normalized spacial score (nSPS) is 11.7. The molecule has 8 nitrogen and oxygen atoms in total. The predicted molar refractivity (Wildman–Crippen MR) is 188 cm³/mol. The third kappa shape index (κ3) is 5.35. The van der Waals surface area contributed by atoms with Crippen molar-refractivity contribution in [2.24, 2.45) is 0 Å². The molecule has 0 radical (unpaired) electrons. The number of carbonyl (C=O) groups is 1. The summed E-state index contributed by atoms with van der Waals surface area (Å²) in [6.45, 7) is 0. The maximum Gasteiger partial charge on any atom is 0.255 e. The van der Waals surface area contributed by atoms with E-state index in [2.05, 4.69) is 16.0 Å². The van der Waals surface area contributed by atoms with Crippen LogP contribution in [0, 0.1) is 5.82 Å². The highest BCUT2D eigenvalue weighted by molar-refractivity contribution is 7.92. The molecule has 0 aliphatic rings. The fraction of sp³-hybridized carbons (Fsp3) is 0.0789. The first kappa shape index (κ1) is 30.8. The van der Waals surface area contributed by atoms with Gasteiger partial charge in [-0.05, 0) is 71.8 Å². The molecule has 0 spiro atoms. The predicted octanol–water partition coefficient (Wildman–Crippen LogP) is 7.98. The molecule has 1 amide bonds. The van der Waals surface area contributed by atoms with Gasteiger partial charge < -0.3 is 19.4 Å². The Morgan fingerprint density at radius 3 is 2.31 bits per heavy atom. The second kappa shape index (κ2) is 11.7. The van der Waals surface area contributed by atoms with E-state index in [1.54, 1.807) is 30.3 Å². The van der Waals surface area contributed by atoms with Crippen LogP contribution in [0.4, 0.5) is 10.1 Å². The summed E-state index contributed by atoms with van der Waals surface area (Å²) in [6, 6.07) is 33.8. The second-order valence-corrected chi connectivity index (χ2v) is 13.5. The summed E-state index contributed by atoms with van der Waals surface area (Å²) in [6.07, 6.45) is 1.12. The van der Waals surface area contributed by atoms with Crippen LogP contribution in [-0.2, 0) is 10.0 Å². The SMILES string of the molecule is CNC(=O)c1c(-c2ccc(F)cc2)oc2cc(N(C)S(C)(=O)=O)c(-c3cccc(-c4cc5ccccc5n4-c4cccc(O)c4)c3)cc12. The molecule has 0 aliphatic carbocycles. The molecule has 48 heavy (non-hydrogen) atoms. The van der Waals surface area contributed by atoms with Gasteiger partial charge in [0.2, 0.25) is 10.0 Å². The molecule has 2 aromatic heterocycles. The van der Waals surface area contributed by atoms with Crippen LogP contribution in [0.1, 0.15) is 10.4 Å². The Hall–Kier alpha value is -5.87. The van der Waals surface area contributed by atoms with Crippen LogP contribution in [0.2, 0.25) is 0 Å². The van der Waals surface area contributed by atoms with Gasteiger partial charge in [0.15, 0.2) is 0 Å². The van der Waals surface area contributed by atoms with Crippen molar-refractivity contribution in [2.45, 2.75) is 0 Å². The Kier molecular flexibility index (Phi) is 7.52. The molecule has 0 fully saturated rings. The van der Waals surface area contributed by atoms with Crippen molar-refractivity contribution in [3.63, 3.8) is 0 Å². The Labute approximate surface area is 276 Å². The zero-order chi connectivity index (χ0) is 33.7. The number of sulfonamides is 1. The highest BCUT2D eigenvalue weighted by Gasteiger charge is 2.26. The third-order valence-electron chi connectivity index (χ3n) is 8.47. The third-order valence-corrected chi connectivity index (χ3v) is 9.66. The smallest absolute Gasteiger partial charge is 0.255 e. The van der Waals surface area contributed by atoms with Crippen molar-refractivity contribution in [1.29, 1.82) is 0 Å². The first-order valence-corrected chi connectivity index (χ1v) is 16.9. The monoisotopic (exact) mass is 659 g/mol. The van der Waals surface area contributed by atoms with Gasteiger partial charge >= 0.3 is 0 Å². The van der Waals surface area contributed by atoms with Crippen molar-refractivity contribution in [3.05, 3.63) is 127 Å². The number of amides is 1. The van der Waals surface area contributed by atoms with Gasteiger partial charge in [-0.1, -0.05) is 42.5 Å². The van der Waals surface area contributed by atoms with E-state index in [0.29, 0.717) is 33.3 Å². The van der Waals surface area contributed by atoms with Crippen LogP contribution >= 0.6 is 0 Å². The molecule has 0 unspecified atom stereocenters. The molecule has 0 bridgehead atoms. The number of para-hydroxylation sites is 1. The summed E-state index contributed by atoms with van der Waals surface area (Å²) in [5.74, 6) is -0.469. The number of aromatic hydroxyl groups is 1. The Morgan fingerprint density at radius 1 is 0.854 bits per heavy atom. The molecular formula is C38H30FN3O5S. The molecule has 7 aromatic rings. The van der Waals surface area contributed by atoms with Crippen LogP contribution < -0.4 is 9.62 Å². The largest absolute Gasteiger partial charge is 0.508 e. The maximum atomic E-state index is 13.8. The number of anilines is 1. The summed E-state index contributed by atoms with van der Waals surface area (Å²) < 4.78 is 49.1. The van der Waals surface area contributed by atoms with Crippen molar-refractivity contribution in [1.82, 2.24) is 9.88 Å². The van der Waals surface area contributed by atoms with Gasteiger partial charge in [0, 0.05) is 53.8 Å². The van der Waals surface area contributed by atoms with E-state index in [0.717, 1.165) is 34.1 Å². The van der Waals surface area contributed by atoms with Gasteiger partial charge in [0.1, 0.15) is 22.9 Å². The number of carbonyl (C=O) groups excluding carboxylic acids is 1. The molecule has 10 heteroatoms. The van der Waals surface area contributed by atoms with Crippen molar-refractivity contribution in [2.75, 3.05) is 24.7 Å². The van der Waals surface area contributed by atoms with Gasteiger partial charge in [-0.25, -0.2) is 12.8 Å². The zero-order valence-electron chi connectivity index (χ0n) is 26.2. The van der Waals surface area contributed by atoms with Crippen LogP contribution in [0.3, 0.4) is 0 Å². The standard InChI is InChI=1S/C38H30FN3O5S/c1-40-38(44)36-31-21-30(34(41(2)48(3,45)46)22-35(31)47-37(36)23-14-16-27(39)17-15-23)24-9-6-10-25(18-24)33-19-26-8-4-5-13-32(26)42(33)28-11-7-12-29(43)20-28/h4-22,43H,1-3H3,(H,40,44). The maximum absolute atomic E-state index is 13.8. The van der Waals surface area contributed by atoms with Crippen LogP contribution in [0.5, 0.6) is 5.75 Å². The second-order valence-electron chi connectivity index (χ2n) is 11.5. The summed E-state index contributed by atoms with van der Waals surface area (Å²) in [5, 5.41) is 14.5. The molecule has 0 aliphatic heterocycles. The lowest BCUT2D eigenvalue weighted by Crippen LogP contribution is -2.25. The highest BCUT2D eigenvalue weighted by atomic mass is 32.2. The van der Waals surface area contributed by atoms with E-state index in [9.17, 15) is 22.7 Å². The number of halogens is 1. The van der Waals surface area contributed by atoms with E-state index in [1.807, 2.05) is 54.6 Å². The van der Waals surface area contributed by atoms with Gasteiger partial charge in [-0.15, -0.1) is 0 Å². The number of hydrogen-bond acceptors (Lipinski definition) is 5. The fourth-order valence-electron chi connectivity index (χ4n) is 6.08. The summed E-state index contributed by atoms with van der Waals surface area (Å²) in [4.78, 5) is 13.3. The minimum atomic E-state index is -3.72. The molecule has 0 saturated carbocycles. The number of hydrogen-bond donors (Lipinski definition) is 2. The molecule has 0 atom stereocenters. The number of rotatable bonds is 7. The average molecular weight is 660 g/mol. The quantitative estimate of drug-likeness (QED) is 0.181.